The van der Waals surface area contributed by atoms with Crippen molar-refractivity contribution in [3.8, 4) is 33.6 Å². The zero-order valence-electron chi connectivity index (χ0n) is 26.2. The number of aromatic nitrogens is 2. The molecule has 0 aliphatic carbocycles. The van der Waals surface area contributed by atoms with Crippen molar-refractivity contribution in [2.75, 3.05) is 0 Å². The Labute approximate surface area is 278 Å². The second kappa shape index (κ2) is 10.6. The molecule has 0 bridgehead atoms. The Balaban J connectivity index is 1.28. The molecule has 0 N–H and O–H groups in total. The van der Waals surface area contributed by atoms with Gasteiger partial charge in [0.1, 0.15) is 0 Å². The number of benzene rings is 8. The molecule has 10 rings (SSSR count). The quantitative estimate of drug-likeness (QED) is 0.188. The molecular weight excluding hydrogens is 581 g/mol. The molecule has 0 fully saturated rings. The highest BCUT2D eigenvalue weighted by atomic mass is 15.0. The predicted octanol–water partition coefficient (Wildman–Crippen LogP) is 12.4. The molecule has 2 heteroatoms. The molecule has 2 heterocycles. The van der Waals surface area contributed by atoms with E-state index in [0.29, 0.717) is 0 Å². The second-order valence-corrected chi connectivity index (χ2v) is 12.6. The highest BCUT2D eigenvalue weighted by Crippen LogP contribution is 2.42. The van der Waals surface area contributed by atoms with Crippen LogP contribution in [0.1, 0.15) is 0 Å². The number of fused-ring (bicyclic) bond motifs is 8. The summed E-state index contributed by atoms with van der Waals surface area (Å²) in [7, 11) is 0. The standard InChI is InChI=1S/C46H30N2/c1-2-13-31(14-3-1)33-17-10-20-36(29-33)48-42-25-8-6-22-39(42)40-27-28-44-45(46(40)48)41-23-7-9-26-43(41)47(44)35-19-11-18-34(30-35)38-24-12-16-32-15-4-5-21-37(32)38/h1-30H. The first kappa shape index (κ1) is 26.8. The lowest BCUT2D eigenvalue weighted by atomic mass is 9.98. The summed E-state index contributed by atoms with van der Waals surface area (Å²) in [5.41, 5.74) is 12.0. The minimum absolute atomic E-state index is 1.15. The van der Waals surface area contributed by atoms with E-state index in [0.717, 1.165) is 11.4 Å². The Morgan fingerprint density at radius 2 is 0.896 bits per heavy atom. The van der Waals surface area contributed by atoms with Crippen molar-refractivity contribution >= 4 is 54.4 Å². The molecule has 0 atom stereocenters. The van der Waals surface area contributed by atoms with E-state index in [1.165, 1.54) is 76.6 Å². The summed E-state index contributed by atoms with van der Waals surface area (Å²) in [6.45, 7) is 0. The average Bonchev–Trinajstić information content (AvgIpc) is 3.68. The van der Waals surface area contributed by atoms with Crippen LogP contribution in [0.4, 0.5) is 0 Å². The zero-order valence-corrected chi connectivity index (χ0v) is 26.2. The first-order valence-corrected chi connectivity index (χ1v) is 16.5. The van der Waals surface area contributed by atoms with E-state index < -0.39 is 0 Å². The Morgan fingerprint density at radius 1 is 0.312 bits per heavy atom. The summed E-state index contributed by atoms with van der Waals surface area (Å²) in [6, 6.07) is 66.2. The van der Waals surface area contributed by atoms with Gasteiger partial charge in [-0.1, -0.05) is 140 Å². The van der Waals surface area contributed by atoms with Crippen LogP contribution in [0, 0.1) is 0 Å². The highest BCUT2D eigenvalue weighted by molar-refractivity contribution is 6.26. The van der Waals surface area contributed by atoms with Crippen LogP contribution in [0.3, 0.4) is 0 Å². The van der Waals surface area contributed by atoms with Gasteiger partial charge in [-0.3, -0.25) is 0 Å². The van der Waals surface area contributed by atoms with Gasteiger partial charge in [0.05, 0.1) is 22.1 Å². The van der Waals surface area contributed by atoms with Crippen LogP contribution in [-0.2, 0) is 0 Å². The largest absolute Gasteiger partial charge is 0.309 e. The smallest absolute Gasteiger partial charge is 0.0641 e. The summed E-state index contributed by atoms with van der Waals surface area (Å²) in [5, 5.41) is 7.55. The molecule has 8 aromatic carbocycles. The topological polar surface area (TPSA) is 9.86 Å². The van der Waals surface area contributed by atoms with Gasteiger partial charge in [-0.2, -0.15) is 0 Å². The van der Waals surface area contributed by atoms with E-state index in [9.17, 15) is 0 Å². The van der Waals surface area contributed by atoms with Gasteiger partial charge >= 0.3 is 0 Å². The minimum atomic E-state index is 1.15. The molecule has 0 aliphatic rings. The molecule has 2 aromatic heterocycles. The van der Waals surface area contributed by atoms with Crippen LogP contribution in [0.2, 0.25) is 0 Å². The Bertz CT molecular complexity index is 2830. The summed E-state index contributed by atoms with van der Waals surface area (Å²) in [6.07, 6.45) is 0. The summed E-state index contributed by atoms with van der Waals surface area (Å²) < 4.78 is 4.92. The Morgan fingerprint density at radius 3 is 1.73 bits per heavy atom. The van der Waals surface area contributed by atoms with E-state index in [1.54, 1.807) is 0 Å². The minimum Gasteiger partial charge on any atom is -0.309 e. The number of nitrogens with zero attached hydrogens (tertiary/aromatic N) is 2. The van der Waals surface area contributed by atoms with E-state index in [2.05, 4.69) is 191 Å². The van der Waals surface area contributed by atoms with Crippen LogP contribution in [0.15, 0.2) is 182 Å². The normalized spacial score (nSPS) is 11.8. The average molecular weight is 611 g/mol. The third-order valence-electron chi connectivity index (χ3n) is 9.89. The predicted molar refractivity (Wildman–Crippen MR) is 203 cm³/mol. The lowest BCUT2D eigenvalue weighted by molar-refractivity contribution is 1.17. The van der Waals surface area contributed by atoms with Gasteiger partial charge in [0.2, 0.25) is 0 Å². The van der Waals surface area contributed by atoms with E-state index in [1.807, 2.05) is 0 Å². The number of rotatable bonds is 4. The molecule has 0 radical (unpaired) electrons. The molecule has 0 spiro atoms. The maximum absolute atomic E-state index is 2.47. The van der Waals surface area contributed by atoms with Gasteiger partial charge in [0.15, 0.2) is 0 Å². The first-order chi connectivity index (χ1) is 23.8. The molecule has 10 aromatic rings. The molecule has 0 aliphatic heterocycles. The fourth-order valence-corrected chi connectivity index (χ4v) is 7.80. The summed E-state index contributed by atoms with van der Waals surface area (Å²) in [4.78, 5) is 0. The highest BCUT2D eigenvalue weighted by Gasteiger charge is 2.21. The van der Waals surface area contributed by atoms with Gasteiger partial charge in [-0.05, 0) is 75.5 Å². The third kappa shape index (κ3) is 4.00. The van der Waals surface area contributed by atoms with Crippen molar-refractivity contribution in [2.24, 2.45) is 0 Å². The number of hydrogen-bond donors (Lipinski definition) is 0. The van der Waals surface area contributed by atoms with Crippen LogP contribution < -0.4 is 0 Å². The third-order valence-corrected chi connectivity index (χ3v) is 9.89. The summed E-state index contributed by atoms with van der Waals surface area (Å²) >= 11 is 0. The molecule has 0 unspecified atom stereocenters. The molecule has 0 amide bonds. The van der Waals surface area contributed by atoms with E-state index in [4.69, 9.17) is 0 Å². The van der Waals surface area contributed by atoms with Crippen LogP contribution in [0.5, 0.6) is 0 Å². The van der Waals surface area contributed by atoms with E-state index >= 15 is 0 Å². The molecule has 224 valence electrons. The van der Waals surface area contributed by atoms with Crippen molar-refractivity contribution in [3.63, 3.8) is 0 Å². The van der Waals surface area contributed by atoms with Crippen molar-refractivity contribution in [2.45, 2.75) is 0 Å². The maximum Gasteiger partial charge on any atom is 0.0641 e. The van der Waals surface area contributed by atoms with Crippen LogP contribution >= 0.6 is 0 Å². The van der Waals surface area contributed by atoms with Gasteiger partial charge in [0.25, 0.3) is 0 Å². The molecule has 0 saturated carbocycles. The van der Waals surface area contributed by atoms with Gasteiger partial charge in [-0.15, -0.1) is 0 Å². The first-order valence-electron chi connectivity index (χ1n) is 16.5. The van der Waals surface area contributed by atoms with Crippen molar-refractivity contribution in [3.05, 3.63) is 182 Å². The zero-order chi connectivity index (χ0) is 31.6. The molecule has 48 heavy (non-hydrogen) atoms. The van der Waals surface area contributed by atoms with Crippen LogP contribution in [0.25, 0.3) is 88.0 Å². The van der Waals surface area contributed by atoms with Gasteiger partial charge in [-0.25, -0.2) is 0 Å². The monoisotopic (exact) mass is 610 g/mol. The number of hydrogen-bond acceptors (Lipinski definition) is 0. The SMILES string of the molecule is c1ccc(-c2cccc(-n3c4ccccc4c4ccc5c(c6ccccc6n5-c5cccc(-c6cccc7ccccc67)c5)c43)c2)cc1. The van der Waals surface area contributed by atoms with Crippen molar-refractivity contribution < 1.29 is 0 Å². The summed E-state index contributed by atoms with van der Waals surface area (Å²) in [5.74, 6) is 0. The van der Waals surface area contributed by atoms with Gasteiger partial charge in [0, 0.05) is 32.9 Å². The lowest BCUT2D eigenvalue weighted by Gasteiger charge is -2.13. The van der Waals surface area contributed by atoms with Crippen molar-refractivity contribution in [1.82, 2.24) is 9.13 Å². The number of para-hydroxylation sites is 2. The van der Waals surface area contributed by atoms with Gasteiger partial charge < -0.3 is 9.13 Å². The Hall–Kier alpha value is -6.38. The second-order valence-electron chi connectivity index (χ2n) is 12.6. The molecule has 2 nitrogen and oxygen atoms in total. The maximum atomic E-state index is 2.47. The lowest BCUT2D eigenvalue weighted by Crippen LogP contribution is -1.96. The molecular formula is C46H30N2. The fourth-order valence-electron chi connectivity index (χ4n) is 7.80. The van der Waals surface area contributed by atoms with E-state index in [-0.39, 0.29) is 0 Å². The van der Waals surface area contributed by atoms with Crippen molar-refractivity contribution in [1.29, 1.82) is 0 Å². The van der Waals surface area contributed by atoms with Crippen LogP contribution in [-0.4, -0.2) is 9.13 Å². The fraction of sp³-hybridized carbons (Fsp3) is 0. The molecule has 0 saturated heterocycles. The Kier molecular flexibility index (Phi) is 5.91.